The summed E-state index contributed by atoms with van der Waals surface area (Å²) in [5.41, 5.74) is 2.19. The van der Waals surface area contributed by atoms with Gasteiger partial charge >= 0.3 is 0 Å². The van der Waals surface area contributed by atoms with Crippen LogP contribution in [0.25, 0.3) is 0 Å². The molecule has 0 saturated carbocycles. The molecule has 0 fully saturated rings. The molecular weight excluding hydrogens is 366 g/mol. The van der Waals surface area contributed by atoms with Crippen LogP contribution in [0.15, 0.2) is 48.5 Å². The second-order valence-corrected chi connectivity index (χ2v) is 8.01. The molecule has 0 saturated heterocycles. The zero-order chi connectivity index (χ0) is 17.7. The number of anilines is 2. The lowest BCUT2D eigenvalue weighted by Crippen LogP contribution is -2.28. The van der Waals surface area contributed by atoms with Crippen molar-refractivity contribution >= 4 is 50.3 Å². The van der Waals surface area contributed by atoms with E-state index < -0.39 is 10.0 Å². The molecule has 0 spiro atoms. The molecule has 5 nitrogen and oxygen atoms in total. The fraction of sp³-hybridized carbons (Fsp3) is 0.188. The summed E-state index contributed by atoms with van der Waals surface area (Å²) >= 11 is 11.4. The number of nitrogens with one attached hydrogen (secondary N) is 2. The Labute approximate surface area is 152 Å². The number of hydrogen-bond donors (Lipinski definition) is 2. The average Bonchev–Trinajstić information content (AvgIpc) is 2.53. The second kappa shape index (κ2) is 7.83. The topological polar surface area (TPSA) is 61.4 Å². The molecule has 2 rings (SSSR count). The molecule has 128 valence electrons. The van der Waals surface area contributed by atoms with E-state index in [2.05, 4.69) is 10.6 Å². The fourth-order valence-corrected chi connectivity index (χ4v) is 2.85. The Bertz CT molecular complexity index is 841. The van der Waals surface area contributed by atoms with Gasteiger partial charge in [0.25, 0.3) is 0 Å². The molecule has 0 unspecified atom stereocenters. The van der Waals surface area contributed by atoms with Gasteiger partial charge in [-0.1, -0.05) is 35.9 Å². The normalized spacial score (nSPS) is 11.0. The molecule has 0 heterocycles. The van der Waals surface area contributed by atoms with Gasteiger partial charge in [0.2, 0.25) is 10.0 Å². The van der Waals surface area contributed by atoms with Gasteiger partial charge in [-0.25, -0.2) is 8.42 Å². The minimum Gasteiger partial charge on any atom is -0.358 e. The van der Waals surface area contributed by atoms with Crippen LogP contribution in [0.4, 0.5) is 11.4 Å². The lowest BCUT2D eigenvalue weighted by atomic mass is 10.2. The van der Waals surface area contributed by atoms with Crippen LogP contribution in [0.2, 0.25) is 5.02 Å². The van der Waals surface area contributed by atoms with Crippen LogP contribution in [-0.4, -0.2) is 26.8 Å². The SMILES string of the molecule is CN(c1cccc(NC(=S)NCc2ccccc2Cl)c1)S(C)(=O)=O. The summed E-state index contributed by atoms with van der Waals surface area (Å²) in [5.74, 6) is 0. The minimum atomic E-state index is -3.31. The molecule has 8 heteroatoms. The van der Waals surface area contributed by atoms with Gasteiger partial charge in [-0.2, -0.15) is 0 Å². The first-order valence-electron chi connectivity index (χ1n) is 7.09. The zero-order valence-electron chi connectivity index (χ0n) is 13.3. The van der Waals surface area contributed by atoms with Gasteiger partial charge in [-0.3, -0.25) is 4.31 Å². The molecule has 0 aliphatic rings. The van der Waals surface area contributed by atoms with E-state index in [1.54, 1.807) is 18.2 Å². The second-order valence-electron chi connectivity index (χ2n) is 5.18. The highest BCUT2D eigenvalue weighted by Gasteiger charge is 2.12. The Morgan fingerprint density at radius 1 is 1.21 bits per heavy atom. The smallest absolute Gasteiger partial charge is 0.231 e. The Balaban J connectivity index is 2.01. The first kappa shape index (κ1) is 18.5. The first-order valence-corrected chi connectivity index (χ1v) is 9.73. The third-order valence-corrected chi connectivity index (χ3v) is 5.18. The third-order valence-electron chi connectivity index (χ3n) is 3.36. The molecule has 0 bridgehead atoms. The van der Waals surface area contributed by atoms with Crippen molar-refractivity contribution in [2.45, 2.75) is 6.54 Å². The van der Waals surface area contributed by atoms with Crippen LogP contribution in [-0.2, 0) is 16.6 Å². The van der Waals surface area contributed by atoms with Crippen LogP contribution in [0, 0.1) is 0 Å². The van der Waals surface area contributed by atoms with Crippen molar-refractivity contribution in [3.05, 3.63) is 59.1 Å². The Morgan fingerprint density at radius 3 is 2.58 bits per heavy atom. The predicted molar refractivity (Wildman–Crippen MR) is 104 cm³/mol. The summed E-state index contributed by atoms with van der Waals surface area (Å²) in [6, 6.07) is 14.5. The lowest BCUT2D eigenvalue weighted by Gasteiger charge is -2.18. The number of sulfonamides is 1. The number of thiocarbonyl (C=S) groups is 1. The third kappa shape index (κ3) is 5.09. The molecular formula is C16H18ClN3O2S2. The Kier molecular flexibility index (Phi) is 6.04. The number of hydrogen-bond acceptors (Lipinski definition) is 3. The molecule has 2 aromatic carbocycles. The monoisotopic (exact) mass is 383 g/mol. The highest BCUT2D eigenvalue weighted by Crippen LogP contribution is 2.20. The first-order chi connectivity index (χ1) is 11.3. The van der Waals surface area contributed by atoms with Crippen molar-refractivity contribution in [2.24, 2.45) is 0 Å². The number of rotatable bonds is 5. The van der Waals surface area contributed by atoms with Crippen molar-refractivity contribution in [1.82, 2.24) is 5.32 Å². The van der Waals surface area contributed by atoms with Crippen molar-refractivity contribution in [3.63, 3.8) is 0 Å². The van der Waals surface area contributed by atoms with Crippen molar-refractivity contribution in [1.29, 1.82) is 0 Å². The van der Waals surface area contributed by atoms with Crippen LogP contribution >= 0.6 is 23.8 Å². The van der Waals surface area contributed by atoms with Gasteiger partial charge in [0.15, 0.2) is 5.11 Å². The summed E-state index contributed by atoms with van der Waals surface area (Å²) in [6.07, 6.45) is 1.16. The number of halogens is 1. The van der Waals surface area contributed by atoms with Crippen molar-refractivity contribution in [2.75, 3.05) is 22.9 Å². The van der Waals surface area contributed by atoms with Crippen LogP contribution in [0.3, 0.4) is 0 Å². The highest BCUT2D eigenvalue weighted by molar-refractivity contribution is 7.92. The van der Waals surface area contributed by atoms with Gasteiger partial charge < -0.3 is 10.6 Å². The van der Waals surface area contributed by atoms with Crippen molar-refractivity contribution in [3.8, 4) is 0 Å². The molecule has 0 aliphatic heterocycles. The maximum absolute atomic E-state index is 11.6. The van der Waals surface area contributed by atoms with Gasteiger partial charge in [-0.05, 0) is 42.0 Å². The minimum absolute atomic E-state index is 0.425. The zero-order valence-corrected chi connectivity index (χ0v) is 15.7. The predicted octanol–water partition coefficient (Wildman–Crippen LogP) is 3.22. The molecule has 0 aromatic heterocycles. The van der Waals surface area contributed by atoms with Gasteiger partial charge in [0.1, 0.15) is 0 Å². The van der Waals surface area contributed by atoms with E-state index in [0.717, 1.165) is 11.8 Å². The molecule has 2 N–H and O–H groups in total. The molecule has 0 atom stereocenters. The van der Waals surface area contributed by atoms with Gasteiger partial charge in [0.05, 0.1) is 11.9 Å². The van der Waals surface area contributed by atoms with E-state index in [-0.39, 0.29) is 0 Å². The average molecular weight is 384 g/mol. The fourth-order valence-electron chi connectivity index (χ4n) is 1.96. The lowest BCUT2D eigenvalue weighted by molar-refractivity contribution is 0.600. The summed E-state index contributed by atoms with van der Waals surface area (Å²) < 4.78 is 24.4. The van der Waals surface area contributed by atoms with E-state index >= 15 is 0 Å². The molecule has 0 amide bonds. The Hall–Kier alpha value is -1.83. The molecule has 2 aromatic rings. The number of benzene rings is 2. The summed E-state index contributed by atoms with van der Waals surface area (Å²) in [4.78, 5) is 0. The summed E-state index contributed by atoms with van der Waals surface area (Å²) in [6.45, 7) is 0.494. The van der Waals surface area contributed by atoms with Crippen LogP contribution in [0.5, 0.6) is 0 Å². The standard InChI is InChI=1S/C16H18ClN3O2S2/c1-20(24(2,21)22)14-8-5-7-13(10-14)19-16(23)18-11-12-6-3-4-9-15(12)17/h3-10H,11H2,1-2H3,(H2,18,19,23). The van der Waals surface area contributed by atoms with E-state index in [0.29, 0.717) is 28.1 Å². The van der Waals surface area contributed by atoms with E-state index in [4.69, 9.17) is 23.8 Å². The maximum atomic E-state index is 11.6. The highest BCUT2D eigenvalue weighted by atomic mass is 35.5. The van der Waals surface area contributed by atoms with Gasteiger partial charge in [-0.15, -0.1) is 0 Å². The van der Waals surface area contributed by atoms with E-state index in [1.807, 2.05) is 30.3 Å². The molecule has 0 aliphatic carbocycles. The summed E-state index contributed by atoms with van der Waals surface area (Å²) in [7, 11) is -1.81. The van der Waals surface area contributed by atoms with Crippen LogP contribution in [0.1, 0.15) is 5.56 Å². The summed E-state index contributed by atoms with van der Waals surface area (Å²) in [5, 5.41) is 7.20. The number of nitrogens with zero attached hydrogens (tertiary/aromatic N) is 1. The molecule has 24 heavy (non-hydrogen) atoms. The Morgan fingerprint density at radius 2 is 1.92 bits per heavy atom. The van der Waals surface area contributed by atoms with Gasteiger partial charge in [0, 0.05) is 24.3 Å². The largest absolute Gasteiger partial charge is 0.358 e. The van der Waals surface area contributed by atoms with Crippen molar-refractivity contribution < 1.29 is 8.42 Å². The van der Waals surface area contributed by atoms with E-state index in [1.165, 1.54) is 11.4 Å². The quantitative estimate of drug-likeness (QED) is 0.776. The molecule has 0 radical (unpaired) electrons. The van der Waals surface area contributed by atoms with Crippen LogP contribution < -0.4 is 14.9 Å². The van der Waals surface area contributed by atoms with E-state index in [9.17, 15) is 8.42 Å². The maximum Gasteiger partial charge on any atom is 0.231 e.